The van der Waals surface area contributed by atoms with E-state index in [9.17, 15) is 34.1 Å². The number of nitro groups is 1. The molecule has 2 atom stereocenters. The number of nitro benzene ring substituents is 1. The summed E-state index contributed by atoms with van der Waals surface area (Å²) in [7, 11) is 0. The number of carboxylic acids is 2. The van der Waals surface area contributed by atoms with Gasteiger partial charge in [-0.2, -0.15) is 5.10 Å². The van der Waals surface area contributed by atoms with Gasteiger partial charge in [0.05, 0.1) is 22.5 Å². The van der Waals surface area contributed by atoms with Crippen LogP contribution in [0.25, 0.3) is 10.9 Å². The van der Waals surface area contributed by atoms with Crippen LogP contribution in [0, 0.1) is 10.1 Å². The Balaban J connectivity index is 1.64. The van der Waals surface area contributed by atoms with Crippen LogP contribution in [0.2, 0.25) is 0 Å². The summed E-state index contributed by atoms with van der Waals surface area (Å²) in [5.41, 5.74) is 9.41. The van der Waals surface area contributed by atoms with Crippen molar-refractivity contribution in [3.63, 3.8) is 0 Å². The molecule has 0 aliphatic heterocycles. The maximum absolute atomic E-state index is 12.6. The number of nitrogens with one attached hydrogen (secondary N) is 4. The maximum Gasteiger partial charge on any atom is 0.322 e. The second-order valence-electron chi connectivity index (χ2n) is 9.34. The number of benzene rings is 2. The second kappa shape index (κ2) is 15.8. The van der Waals surface area contributed by atoms with E-state index >= 15 is 0 Å². The molecule has 44 heavy (non-hydrogen) atoms. The molecule has 3 rings (SSSR count). The van der Waals surface area contributed by atoms with E-state index in [4.69, 9.17) is 15.9 Å². The van der Waals surface area contributed by atoms with E-state index in [1.165, 1.54) is 24.4 Å². The number of para-hydroxylation sites is 1. The van der Waals surface area contributed by atoms with Crippen molar-refractivity contribution in [3.8, 4) is 0 Å². The lowest BCUT2D eigenvalue weighted by Crippen LogP contribution is -2.49. The first-order valence-corrected chi connectivity index (χ1v) is 14.0. The van der Waals surface area contributed by atoms with E-state index in [0.29, 0.717) is 5.56 Å². The summed E-state index contributed by atoms with van der Waals surface area (Å²) in [6.45, 7) is -0.730. The zero-order valence-electron chi connectivity index (χ0n) is 23.0. The third-order valence-electron chi connectivity index (χ3n) is 6.08. The van der Waals surface area contributed by atoms with Gasteiger partial charge in [-0.15, -0.1) is 11.8 Å². The number of hydrazone groups is 1. The molecule has 1 heterocycles. The molecule has 0 saturated carbocycles. The number of carbonyl (C=O) groups is 5. The van der Waals surface area contributed by atoms with Crippen molar-refractivity contribution in [1.29, 1.82) is 0 Å². The Bertz CT molecular complexity index is 1590. The van der Waals surface area contributed by atoms with Crippen molar-refractivity contribution in [2.24, 2.45) is 10.8 Å². The van der Waals surface area contributed by atoms with Gasteiger partial charge in [0.2, 0.25) is 17.7 Å². The largest absolute Gasteiger partial charge is 0.480 e. The quantitative estimate of drug-likeness (QED) is 0.0504. The average Bonchev–Trinajstić information content (AvgIpc) is 3.39. The number of nitrogens with zero attached hydrogens (tertiary/aromatic N) is 2. The topological polar surface area (TPSA) is 259 Å². The number of thioether (sulfide) groups is 1. The van der Waals surface area contributed by atoms with Gasteiger partial charge in [-0.1, -0.05) is 24.3 Å². The van der Waals surface area contributed by atoms with Crippen LogP contribution in [0.1, 0.15) is 24.0 Å². The Hall–Kier alpha value is -5.29. The highest BCUT2D eigenvalue weighted by molar-refractivity contribution is 7.99. The first-order valence-electron chi connectivity index (χ1n) is 13.0. The van der Waals surface area contributed by atoms with E-state index in [1.807, 2.05) is 24.3 Å². The highest BCUT2D eigenvalue weighted by Crippen LogP contribution is 2.30. The van der Waals surface area contributed by atoms with E-state index in [0.717, 1.165) is 28.2 Å². The lowest BCUT2D eigenvalue weighted by molar-refractivity contribution is -0.387. The zero-order valence-corrected chi connectivity index (χ0v) is 23.8. The molecule has 0 spiro atoms. The van der Waals surface area contributed by atoms with E-state index in [-0.39, 0.29) is 35.6 Å². The number of amides is 3. The molecule has 0 aliphatic rings. The number of carbonyl (C=O) groups excluding carboxylic acids is 3. The third kappa shape index (κ3) is 9.92. The predicted octanol–water partition coefficient (Wildman–Crippen LogP) is 0.739. The number of carboxylic acid groups (broad SMARTS) is 2. The van der Waals surface area contributed by atoms with Crippen molar-refractivity contribution in [3.05, 3.63) is 69.9 Å². The molecule has 0 bridgehead atoms. The molecule has 0 aliphatic carbocycles. The molecule has 1 aromatic heterocycles. The normalized spacial score (nSPS) is 12.4. The summed E-state index contributed by atoms with van der Waals surface area (Å²) in [5, 5.41) is 38.8. The van der Waals surface area contributed by atoms with Crippen LogP contribution in [0.5, 0.6) is 0 Å². The minimum Gasteiger partial charge on any atom is -0.480 e. The number of H-pyrrole nitrogens is 1. The number of hydrogen-bond donors (Lipinski definition) is 7. The SMILES string of the molecule is N[C@@H](CCC(=O)N[C@@H](CSc1ccc(/C=N/NC(=O)Cc2c[nH]c3ccccc23)cc1[N+](=O)[O-])C(=O)NCC(=O)O)C(=O)O. The van der Waals surface area contributed by atoms with Crippen LogP contribution < -0.4 is 21.8 Å². The highest BCUT2D eigenvalue weighted by atomic mass is 32.2. The van der Waals surface area contributed by atoms with Gasteiger partial charge in [0.1, 0.15) is 18.6 Å². The standard InChI is InChI=1S/C27H29N7O9S/c28-18(27(40)41)6-8-23(35)32-20(26(39)30-13-25(37)38)14-44-22-7-5-15(9-21(22)34(42)43)11-31-33-24(36)10-16-12-29-19-4-2-1-3-17(16)19/h1-5,7,9,11-12,18,20,29H,6,8,10,13-14,28H2,(H,30,39)(H,32,35)(H,33,36)(H,37,38)(H,40,41)/b31-11+/t18-,20-/m0/s1. The first kappa shape index (κ1) is 33.2. The van der Waals surface area contributed by atoms with Crippen LogP contribution in [0.4, 0.5) is 5.69 Å². The Morgan fingerprint density at radius 2 is 1.86 bits per heavy atom. The number of hydrogen-bond acceptors (Lipinski definition) is 10. The second-order valence-corrected chi connectivity index (χ2v) is 10.4. The summed E-state index contributed by atoms with van der Waals surface area (Å²) in [5.74, 6) is -4.83. The molecule has 232 valence electrons. The molecular weight excluding hydrogens is 598 g/mol. The van der Waals surface area contributed by atoms with Gasteiger partial charge in [-0.05, 0) is 24.1 Å². The van der Waals surface area contributed by atoms with E-state index in [2.05, 4.69) is 26.1 Å². The molecule has 0 fully saturated rings. The van der Waals surface area contributed by atoms with Crippen molar-refractivity contribution < 1.29 is 39.1 Å². The van der Waals surface area contributed by atoms with Gasteiger partial charge in [0, 0.05) is 40.9 Å². The fraction of sp³-hybridized carbons (Fsp3) is 0.259. The van der Waals surface area contributed by atoms with Crippen molar-refractivity contribution in [2.45, 2.75) is 36.2 Å². The summed E-state index contributed by atoms with van der Waals surface area (Å²) in [6, 6.07) is 9.00. The summed E-state index contributed by atoms with van der Waals surface area (Å²) >= 11 is 0.857. The minimum atomic E-state index is -1.33. The minimum absolute atomic E-state index is 0.0567. The maximum atomic E-state index is 12.6. The van der Waals surface area contributed by atoms with Crippen LogP contribution in [-0.4, -0.2) is 80.4 Å². The van der Waals surface area contributed by atoms with Crippen molar-refractivity contribution in [1.82, 2.24) is 21.0 Å². The summed E-state index contributed by atoms with van der Waals surface area (Å²) in [6.07, 6.45) is 2.48. The Morgan fingerprint density at radius 3 is 2.57 bits per heavy atom. The molecule has 8 N–H and O–H groups in total. The molecule has 3 aromatic rings. The fourth-order valence-electron chi connectivity index (χ4n) is 3.87. The molecule has 16 nitrogen and oxygen atoms in total. The monoisotopic (exact) mass is 627 g/mol. The van der Waals surface area contributed by atoms with Gasteiger partial charge in [-0.25, -0.2) is 5.43 Å². The van der Waals surface area contributed by atoms with Crippen LogP contribution >= 0.6 is 11.8 Å². The number of nitrogens with two attached hydrogens (primary N) is 1. The fourth-order valence-corrected chi connectivity index (χ4v) is 4.89. The van der Waals surface area contributed by atoms with Gasteiger partial charge in [0.25, 0.3) is 5.69 Å². The molecule has 0 radical (unpaired) electrons. The van der Waals surface area contributed by atoms with Crippen LogP contribution in [0.3, 0.4) is 0 Å². The van der Waals surface area contributed by atoms with Crippen molar-refractivity contribution in [2.75, 3.05) is 12.3 Å². The molecule has 0 unspecified atom stereocenters. The van der Waals surface area contributed by atoms with E-state index < -0.39 is 53.2 Å². The molecule has 3 amide bonds. The molecule has 17 heteroatoms. The smallest absolute Gasteiger partial charge is 0.322 e. The lowest BCUT2D eigenvalue weighted by Gasteiger charge is -2.18. The van der Waals surface area contributed by atoms with Gasteiger partial charge in [0.15, 0.2) is 0 Å². The third-order valence-corrected chi connectivity index (χ3v) is 7.24. The summed E-state index contributed by atoms with van der Waals surface area (Å²) in [4.78, 5) is 73.3. The number of aromatic nitrogens is 1. The molecule has 2 aromatic carbocycles. The van der Waals surface area contributed by atoms with E-state index in [1.54, 1.807) is 6.20 Å². The average molecular weight is 628 g/mol. The first-order chi connectivity index (χ1) is 20.9. The van der Waals surface area contributed by atoms with Gasteiger partial charge >= 0.3 is 11.9 Å². The number of aromatic amines is 1. The Morgan fingerprint density at radius 1 is 1.11 bits per heavy atom. The predicted molar refractivity (Wildman–Crippen MR) is 159 cm³/mol. The Labute approximate surface area is 253 Å². The van der Waals surface area contributed by atoms with Crippen molar-refractivity contribution >= 4 is 64.2 Å². The molecular formula is C27H29N7O9S. The number of fused-ring (bicyclic) bond motifs is 1. The van der Waals surface area contributed by atoms with Crippen LogP contribution in [-0.2, 0) is 30.4 Å². The van der Waals surface area contributed by atoms with Crippen LogP contribution in [0.15, 0.2) is 58.7 Å². The van der Waals surface area contributed by atoms with Gasteiger partial charge < -0.3 is 31.6 Å². The number of aliphatic carboxylic acids is 2. The highest BCUT2D eigenvalue weighted by Gasteiger charge is 2.24. The zero-order chi connectivity index (χ0) is 32.2. The lowest BCUT2D eigenvalue weighted by atomic mass is 10.1. The molecule has 0 saturated heterocycles. The number of rotatable bonds is 16. The van der Waals surface area contributed by atoms with Gasteiger partial charge in [-0.3, -0.25) is 34.1 Å². The summed E-state index contributed by atoms with van der Waals surface area (Å²) < 4.78 is 0. The Kier molecular flexibility index (Phi) is 11.9.